The van der Waals surface area contributed by atoms with Crippen molar-refractivity contribution in [2.45, 2.75) is 38.3 Å². The van der Waals surface area contributed by atoms with E-state index in [1.165, 1.54) is 19.3 Å². The Hall–Kier alpha value is -0.610. The van der Waals surface area contributed by atoms with E-state index in [4.69, 9.17) is 4.74 Å². The molecular formula is C10H20N2O2. The maximum Gasteiger partial charge on any atom is 0.234 e. The SMILES string of the molecule is COCC(C)NC(=O)CNC1CCC1. The van der Waals surface area contributed by atoms with Crippen LogP contribution in [-0.4, -0.2) is 38.3 Å². The lowest BCUT2D eigenvalue weighted by Gasteiger charge is -2.26. The maximum absolute atomic E-state index is 11.3. The Morgan fingerprint density at radius 1 is 1.57 bits per heavy atom. The number of rotatable bonds is 6. The van der Waals surface area contributed by atoms with Crippen LogP contribution in [0.4, 0.5) is 0 Å². The van der Waals surface area contributed by atoms with Crippen molar-refractivity contribution in [1.82, 2.24) is 10.6 Å². The average molecular weight is 200 g/mol. The summed E-state index contributed by atoms with van der Waals surface area (Å²) in [7, 11) is 1.63. The van der Waals surface area contributed by atoms with Gasteiger partial charge in [0, 0.05) is 19.2 Å². The van der Waals surface area contributed by atoms with Crippen LogP contribution in [0.1, 0.15) is 26.2 Å². The van der Waals surface area contributed by atoms with E-state index in [1.54, 1.807) is 7.11 Å². The molecule has 14 heavy (non-hydrogen) atoms. The molecule has 1 amide bonds. The molecule has 0 heterocycles. The van der Waals surface area contributed by atoms with Crippen LogP contribution in [0.5, 0.6) is 0 Å². The van der Waals surface area contributed by atoms with Gasteiger partial charge in [0.1, 0.15) is 0 Å². The van der Waals surface area contributed by atoms with Crippen molar-refractivity contribution in [3.63, 3.8) is 0 Å². The Labute approximate surface area is 85.4 Å². The van der Waals surface area contributed by atoms with Crippen LogP contribution in [0.2, 0.25) is 0 Å². The molecule has 82 valence electrons. The predicted molar refractivity (Wildman–Crippen MR) is 55.1 cm³/mol. The number of nitrogens with one attached hydrogen (secondary N) is 2. The Bertz CT molecular complexity index is 181. The third kappa shape index (κ3) is 4.07. The summed E-state index contributed by atoms with van der Waals surface area (Å²) >= 11 is 0. The highest BCUT2D eigenvalue weighted by molar-refractivity contribution is 5.78. The van der Waals surface area contributed by atoms with Gasteiger partial charge in [0.15, 0.2) is 0 Å². The molecule has 0 aromatic carbocycles. The maximum atomic E-state index is 11.3. The zero-order valence-corrected chi connectivity index (χ0v) is 9.01. The largest absolute Gasteiger partial charge is 0.383 e. The molecule has 0 aromatic heterocycles. The molecule has 2 N–H and O–H groups in total. The van der Waals surface area contributed by atoms with E-state index in [1.807, 2.05) is 6.92 Å². The minimum absolute atomic E-state index is 0.0569. The molecular weight excluding hydrogens is 180 g/mol. The number of ether oxygens (including phenoxy) is 1. The first-order chi connectivity index (χ1) is 6.72. The van der Waals surface area contributed by atoms with Gasteiger partial charge >= 0.3 is 0 Å². The third-order valence-corrected chi connectivity index (χ3v) is 2.48. The van der Waals surface area contributed by atoms with Gasteiger partial charge in [-0.1, -0.05) is 6.42 Å². The van der Waals surface area contributed by atoms with Crippen LogP contribution in [0, 0.1) is 0 Å². The third-order valence-electron chi connectivity index (χ3n) is 2.48. The number of hydrogen-bond donors (Lipinski definition) is 2. The van der Waals surface area contributed by atoms with Crippen LogP contribution in [0.15, 0.2) is 0 Å². The molecule has 1 saturated carbocycles. The second-order valence-electron chi connectivity index (χ2n) is 3.93. The van der Waals surface area contributed by atoms with E-state index in [0.717, 1.165) is 0 Å². The van der Waals surface area contributed by atoms with Crippen molar-refractivity contribution in [3.8, 4) is 0 Å². The van der Waals surface area contributed by atoms with Crippen molar-refractivity contribution in [2.24, 2.45) is 0 Å². The number of carbonyl (C=O) groups is 1. The lowest BCUT2D eigenvalue weighted by atomic mass is 9.93. The fraction of sp³-hybridized carbons (Fsp3) is 0.900. The van der Waals surface area contributed by atoms with Gasteiger partial charge in [0.2, 0.25) is 5.91 Å². The van der Waals surface area contributed by atoms with E-state index in [9.17, 15) is 4.79 Å². The molecule has 1 aliphatic carbocycles. The normalized spacial score (nSPS) is 18.7. The molecule has 0 aliphatic heterocycles. The Balaban J connectivity index is 2.02. The quantitative estimate of drug-likeness (QED) is 0.647. The van der Waals surface area contributed by atoms with Gasteiger partial charge < -0.3 is 15.4 Å². The van der Waals surface area contributed by atoms with Gasteiger partial charge in [0.05, 0.1) is 13.2 Å². The minimum atomic E-state index is 0.0569. The molecule has 0 aromatic rings. The van der Waals surface area contributed by atoms with Gasteiger partial charge in [-0.15, -0.1) is 0 Å². The van der Waals surface area contributed by atoms with Gasteiger partial charge in [-0.3, -0.25) is 4.79 Å². The first kappa shape index (κ1) is 11.5. The fourth-order valence-corrected chi connectivity index (χ4v) is 1.47. The summed E-state index contributed by atoms with van der Waals surface area (Å²) < 4.78 is 4.93. The van der Waals surface area contributed by atoms with E-state index in [0.29, 0.717) is 19.2 Å². The fourth-order valence-electron chi connectivity index (χ4n) is 1.47. The van der Waals surface area contributed by atoms with Crippen molar-refractivity contribution in [2.75, 3.05) is 20.3 Å². The zero-order chi connectivity index (χ0) is 10.4. The molecule has 1 fully saturated rings. The second-order valence-corrected chi connectivity index (χ2v) is 3.93. The number of hydrogen-bond acceptors (Lipinski definition) is 3. The summed E-state index contributed by atoms with van der Waals surface area (Å²) in [6.45, 7) is 2.93. The van der Waals surface area contributed by atoms with Crippen molar-refractivity contribution < 1.29 is 9.53 Å². The highest BCUT2D eigenvalue weighted by Gasteiger charge is 2.17. The second kappa shape index (κ2) is 5.98. The number of methoxy groups -OCH3 is 1. The topological polar surface area (TPSA) is 50.4 Å². The van der Waals surface area contributed by atoms with Crippen LogP contribution >= 0.6 is 0 Å². The van der Waals surface area contributed by atoms with Gasteiger partial charge in [-0.25, -0.2) is 0 Å². The summed E-state index contributed by atoms with van der Waals surface area (Å²) in [4.78, 5) is 11.3. The van der Waals surface area contributed by atoms with E-state index >= 15 is 0 Å². The van der Waals surface area contributed by atoms with Crippen molar-refractivity contribution in [3.05, 3.63) is 0 Å². The lowest BCUT2D eigenvalue weighted by Crippen LogP contribution is -2.45. The summed E-state index contributed by atoms with van der Waals surface area (Å²) in [5.74, 6) is 0.0569. The first-order valence-electron chi connectivity index (χ1n) is 5.24. The Kier molecular flexibility index (Phi) is 4.90. The molecule has 1 rings (SSSR count). The average Bonchev–Trinajstić information content (AvgIpc) is 2.01. The molecule has 1 atom stereocenters. The van der Waals surface area contributed by atoms with E-state index < -0.39 is 0 Å². The van der Waals surface area contributed by atoms with Crippen LogP contribution in [0.25, 0.3) is 0 Å². The van der Waals surface area contributed by atoms with E-state index in [2.05, 4.69) is 10.6 Å². The minimum Gasteiger partial charge on any atom is -0.383 e. The van der Waals surface area contributed by atoms with Crippen molar-refractivity contribution >= 4 is 5.91 Å². The first-order valence-corrected chi connectivity index (χ1v) is 5.24. The molecule has 0 spiro atoms. The van der Waals surface area contributed by atoms with Crippen LogP contribution < -0.4 is 10.6 Å². The van der Waals surface area contributed by atoms with Crippen molar-refractivity contribution in [1.29, 1.82) is 0 Å². The highest BCUT2D eigenvalue weighted by atomic mass is 16.5. The molecule has 4 heteroatoms. The monoisotopic (exact) mass is 200 g/mol. The van der Waals surface area contributed by atoms with Gasteiger partial charge in [-0.2, -0.15) is 0 Å². The molecule has 0 saturated heterocycles. The highest BCUT2D eigenvalue weighted by Crippen LogP contribution is 2.17. The summed E-state index contributed by atoms with van der Waals surface area (Å²) in [5.41, 5.74) is 0. The standard InChI is InChI=1S/C10H20N2O2/c1-8(7-14-2)12-10(13)6-11-9-4-3-5-9/h8-9,11H,3-7H2,1-2H3,(H,12,13). The molecule has 0 radical (unpaired) electrons. The number of amides is 1. The van der Waals surface area contributed by atoms with Crippen LogP contribution in [0.3, 0.4) is 0 Å². The molecule has 4 nitrogen and oxygen atoms in total. The Morgan fingerprint density at radius 2 is 2.29 bits per heavy atom. The lowest BCUT2D eigenvalue weighted by molar-refractivity contribution is -0.121. The summed E-state index contributed by atoms with van der Waals surface area (Å²) in [6, 6.07) is 0.661. The van der Waals surface area contributed by atoms with Crippen LogP contribution in [-0.2, 0) is 9.53 Å². The Morgan fingerprint density at radius 3 is 2.79 bits per heavy atom. The van der Waals surface area contributed by atoms with E-state index in [-0.39, 0.29) is 11.9 Å². The van der Waals surface area contributed by atoms with Gasteiger partial charge in [0.25, 0.3) is 0 Å². The number of carbonyl (C=O) groups excluding carboxylic acids is 1. The molecule has 1 unspecified atom stereocenters. The zero-order valence-electron chi connectivity index (χ0n) is 9.01. The molecule has 0 bridgehead atoms. The molecule has 1 aliphatic rings. The summed E-state index contributed by atoms with van der Waals surface area (Å²) in [6.07, 6.45) is 3.71. The van der Waals surface area contributed by atoms with Gasteiger partial charge in [-0.05, 0) is 19.8 Å². The predicted octanol–water partition coefficient (Wildman–Crippen LogP) is 0.280. The summed E-state index contributed by atoms with van der Waals surface area (Å²) in [5, 5.41) is 6.07. The smallest absolute Gasteiger partial charge is 0.234 e.